The lowest BCUT2D eigenvalue weighted by Gasteiger charge is -2.19. The van der Waals surface area contributed by atoms with Crippen LogP contribution in [0, 0.1) is 0 Å². The van der Waals surface area contributed by atoms with Crippen LogP contribution in [-0.4, -0.2) is 18.5 Å². The molecule has 0 aliphatic heterocycles. The molecule has 3 rings (SSSR count). The first kappa shape index (κ1) is 24.1. The van der Waals surface area contributed by atoms with E-state index >= 15 is 0 Å². The molecule has 0 N–H and O–H groups in total. The number of carbonyl (C=O) groups excluding carboxylic acids is 2. The Morgan fingerprint density at radius 2 is 1.42 bits per heavy atom. The van der Waals surface area contributed by atoms with Crippen LogP contribution in [0.15, 0.2) is 78.9 Å². The quantitative estimate of drug-likeness (QED) is 0.226. The first-order valence-corrected chi connectivity index (χ1v) is 11.1. The van der Waals surface area contributed by atoms with E-state index in [9.17, 15) is 9.59 Å². The second-order valence-electron chi connectivity index (χ2n) is 8.79. The van der Waals surface area contributed by atoms with Gasteiger partial charge >= 0.3 is 11.9 Å². The van der Waals surface area contributed by atoms with Gasteiger partial charge < -0.3 is 14.2 Å². The van der Waals surface area contributed by atoms with Crippen LogP contribution in [-0.2, 0) is 21.6 Å². The molecule has 33 heavy (non-hydrogen) atoms. The molecule has 0 fully saturated rings. The molecular formula is C28H30O5. The summed E-state index contributed by atoms with van der Waals surface area (Å²) in [7, 11) is 0. The molecular weight excluding hydrogens is 416 g/mol. The molecule has 0 aromatic heterocycles. The fourth-order valence-electron chi connectivity index (χ4n) is 3.11. The summed E-state index contributed by atoms with van der Waals surface area (Å²) in [4.78, 5) is 24.3. The Labute approximate surface area is 195 Å². The summed E-state index contributed by atoms with van der Waals surface area (Å²) in [6.07, 6.45) is 0.782. The highest BCUT2D eigenvalue weighted by Crippen LogP contribution is 2.24. The van der Waals surface area contributed by atoms with Gasteiger partial charge in [0.05, 0.1) is 12.2 Å². The molecule has 3 aromatic rings. The van der Waals surface area contributed by atoms with Gasteiger partial charge in [-0.15, -0.1) is 0 Å². The zero-order chi connectivity index (χ0) is 23.7. The molecule has 0 amide bonds. The van der Waals surface area contributed by atoms with Crippen molar-refractivity contribution in [2.24, 2.45) is 0 Å². The minimum absolute atomic E-state index is 0.100. The van der Waals surface area contributed by atoms with Crippen LogP contribution >= 0.6 is 0 Å². The summed E-state index contributed by atoms with van der Waals surface area (Å²) in [5.41, 5.74) is 2.66. The minimum atomic E-state index is -0.426. The highest BCUT2D eigenvalue weighted by Gasteiger charge is 2.13. The lowest BCUT2D eigenvalue weighted by Crippen LogP contribution is -2.11. The first-order chi connectivity index (χ1) is 15.8. The molecule has 0 radical (unpaired) electrons. The molecule has 3 aromatic carbocycles. The Morgan fingerprint density at radius 3 is 2.06 bits per heavy atom. The lowest BCUT2D eigenvalue weighted by molar-refractivity contribution is -0.134. The van der Waals surface area contributed by atoms with Crippen molar-refractivity contribution in [3.05, 3.63) is 95.6 Å². The zero-order valence-electron chi connectivity index (χ0n) is 19.4. The van der Waals surface area contributed by atoms with Crippen molar-refractivity contribution >= 4 is 11.9 Å². The third-order valence-corrected chi connectivity index (χ3v) is 5.05. The molecule has 0 saturated carbocycles. The van der Waals surface area contributed by atoms with E-state index in [-0.39, 0.29) is 24.4 Å². The van der Waals surface area contributed by atoms with Crippen LogP contribution in [0.25, 0.3) is 0 Å². The second-order valence-corrected chi connectivity index (χ2v) is 8.79. The topological polar surface area (TPSA) is 61.8 Å². The van der Waals surface area contributed by atoms with Gasteiger partial charge in [-0.2, -0.15) is 0 Å². The highest BCUT2D eigenvalue weighted by atomic mass is 16.5. The molecule has 5 nitrogen and oxygen atoms in total. The summed E-state index contributed by atoms with van der Waals surface area (Å²) < 4.78 is 16.3. The monoisotopic (exact) mass is 446 g/mol. The van der Waals surface area contributed by atoms with Crippen LogP contribution in [0.1, 0.15) is 55.1 Å². The fraction of sp³-hybridized carbons (Fsp3) is 0.286. The molecule has 0 atom stereocenters. The van der Waals surface area contributed by atoms with Gasteiger partial charge in [0, 0.05) is 6.42 Å². The molecule has 0 aliphatic rings. The van der Waals surface area contributed by atoms with Crippen LogP contribution in [0.2, 0.25) is 0 Å². The van der Waals surface area contributed by atoms with Gasteiger partial charge in [-0.1, -0.05) is 63.2 Å². The predicted octanol–water partition coefficient (Wildman–Crippen LogP) is 6.11. The van der Waals surface area contributed by atoms with Gasteiger partial charge in [0.15, 0.2) is 0 Å². The average Bonchev–Trinajstić information content (AvgIpc) is 2.81. The number of rotatable bonds is 9. The number of benzene rings is 3. The van der Waals surface area contributed by atoms with E-state index in [1.165, 1.54) is 5.56 Å². The van der Waals surface area contributed by atoms with E-state index in [0.29, 0.717) is 24.3 Å². The molecule has 0 aliphatic carbocycles. The van der Waals surface area contributed by atoms with Crippen molar-refractivity contribution < 1.29 is 23.8 Å². The van der Waals surface area contributed by atoms with Crippen molar-refractivity contribution in [1.82, 2.24) is 0 Å². The number of carbonyl (C=O) groups is 2. The van der Waals surface area contributed by atoms with Crippen LogP contribution in [0.3, 0.4) is 0 Å². The summed E-state index contributed by atoms with van der Waals surface area (Å²) in [5.74, 6) is 0.398. The highest BCUT2D eigenvalue weighted by molar-refractivity contribution is 5.89. The third kappa shape index (κ3) is 7.79. The van der Waals surface area contributed by atoms with Gasteiger partial charge in [0.25, 0.3) is 0 Å². The summed E-state index contributed by atoms with van der Waals surface area (Å²) >= 11 is 0. The number of esters is 2. The van der Waals surface area contributed by atoms with E-state index in [1.54, 1.807) is 24.3 Å². The van der Waals surface area contributed by atoms with Crippen molar-refractivity contribution in [3.63, 3.8) is 0 Å². The molecule has 0 spiro atoms. The molecule has 0 heterocycles. The number of hydrogen-bond donors (Lipinski definition) is 0. The van der Waals surface area contributed by atoms with E-state index in [0.717, 1.165) is 11.3 Å². The van der Waals surface area contributed by atoms with Gasteiger partial charge in [-0.3, -0.25) is 4.79 Å². The number of hydrogen-bond acceptors (Lipinski definition) is 5. The summed E-state index contributed by atoms with van der Waals surface area (Å²) in [6, 6.07) is 23.8. The fourth-order valence-corrected chi connectivity index (χ4v) is 3.11. The number of ether oxygens (including phenoxy) is 3. The molecule has 0 bridgehead atoms. The lowest BCUT2D eigenvalue weighted by atomic mass is 9.87. The Bertz CT molecular complexity index is 1030. The molecule has 0 saturated heterocycles. The van der Waals surface area contributed by atoms with Crippen molar-refractivity contribution in [3.8, 4) is 11.5 Å². The Hall–Kier alpha value is -3.60. The zero-order valence-corrected chi connectivity index (χ0v) is 19.4. The Morgan fingerprint density at radius 1 is 0.788 bits per heavy atom. The van der Waals surface area contributed by atoms with E-state index in [4.69, 9.17) is 14.2 Å². The Kier molecular flexibility index (Phi) is 8.25. The van der Waals surface area contributed by atoms with E-state index < -0.39 is 5.97 Å². The molecule has 5 heteroatoms. The van der Waals surface area contributed by atoms with Gasteiger partial charge in [0.2, 0.25) is 0 Å². The van der Waals surface area contributed by atoms with E-state index in [1.807, 2.05) is 42.5 Å². The SMILES string of the molecule is CC(C)(C)c1ccc(OCCCC(=O)Oc2ccc(C(=O)OCc3ccccc3)cc2)cc1. The van der Waals surface area contributed by atoms with Crippen molar-refractivity contribution in [2.45, 2.75) is 45.6 Å². The van der Waals surface area contributed by atoms with Gasteiger partial charge in [0.1, 0.15) is 18.1 Å². The molecule has 0 unspecified atom stereocenters. The normalized spacial score (nSPS) is 11.0. The van der Waals surface area contributed by atoms with Crippen molar-refractivity contribution in [2.75, 3.05) is 6.61 Å². The summed E-state index contributed by atoms with van der Waals surface area (Å²) in [5, 5.41) is 0. The van der Waals surface area contributed by atoms with Crippen molar-refractivity contribution in [1.29, 1.82) is 0 Å². The predicted molar refractivity (Wildman–Crippen MR) is 128 cm³/mol. The van der Waals surface area contributed by atoms with Crippen LogP contribution in [0.5, 0.6) is 11.5 Å². The standard InChI is InChI=1S/C28H30O5/c1-28(2,3)23-13-17-24(18-14-23)31-19-7-10-26(29)33-25-15-11-22(12-16-25)27(30)32-20-21-8-5-4-6-9-21/h4-6,8-9,11-18H,7,10,19-20H2,1-3H3. The maximum Gasteiger partial charge on any atom is 0.338 e. The van der Waals surface area contributed by atoms with E-state index in [2.05, 4.69) is 32.9 Å². The Balaban J connectivity index is 1.37. The van der Waals surface area contributed by atoms with Gasteiger partial charge in [-0.25, -0.2) is 4.79 Å². The van der Waals surface area contributed by atoms with Crippen LogP contribution < -0.4 is 9.47 Å². The average molecular weight is 447 g/mol. The maximum absolute atomic E-state index is 12.2. The van der Waals surface area contributed by atoms with Gasteiger partial charge in [-0.05, 0) is 59.4 Å². The largest absolute Gasteiger partial charge is 0.494 e. The first-order valence-electron chi connectivity index (χ1n) is 11.1. The molecule has 172 valence electrons. The second kappa shape index (κ2) is 11.3. The summed E-state index contributed by atoms with van der Waals surface area (Å²) in [6.45, 7) is 7.13. The third-order valence-electron chi connectivity index (χ3n) is 5.05. The smallest absolute Gasteiger partial charge is 0.338 e. The maximum atomic E-state index is 12.2. The van der Waals surface area contributed by atoms with Crippen LogP contribution in [0.4, 0.5) is 0 Å². The minimum Gasteiger partial charge on any atom is -0.494 e.